The fourth-order valence-corrected chi connectivity index (χ4v) is 1.75. The fraction of sp³-hybridized carbons (Fsp3) is 0.0909. The highest BCUT2D eigenvalue weighted by atomic mass is 16.5. The van der Waals surface area contributed by atoms with Crippen LogP contribution in [0, 0.1) is 0 Å². The van der Waals surface area contributed by atoms with Gasteiger partial charge in [0.1, 0.15) is 12.4 Å². The van der Waals surface area contributed by atoms with Crippen molar-refractivity contribution in [1.82, 2.24) is 9.97 Å². The number of benzene rings is 1. The molecule has 74 valence electrons. The van der Waals surface area contributed by atoms with Crippen LogP contribution in [0.3, 0.4) is 0 Å². The number of H-pyrrole nitrogens is 1. The number of para-hydroxylation sites is 1. The molecule has 0 aliphatic carbocycles. The summed E-state index contributed by atoms with van der Waals surface area (Å²) < 4.78 is 5.52. The lowest BCUT2D eigenvalue weighted by atomic mass is 10.1. The van der Waals surface area contributed by atoms with E-state index in [4.69, 9.17) is 4.74 Å². The summed E-state index contributed by atoms with van der Waals surface area (Å²) in [6.45, 7) is 0.438. The molecule has 0 atom stereocenters. The van der Waals surface area contributed by atoms with Crippen LogP contribution in [0.25, 0.3) is 11.3 Å². The number of aromatic nitrogens is 2. The van der Waals surface area contributed by atoms with Gasteiger partial charge >= 0.3 is 0 Å². The molecule has 2 aromatic rings. The van der Waals surface area contributed by atoms with E-state index in [1.165, 1.54) is 0 Å². The molecule has 0 bridgehead atoms. The van der Waals surface area contributed by atoms with E-state index in [0.29, 0.717) is 18.7 Å². The summed E-state index contributed by atoms with van der Waals surface area (Å²) >= 11 is 0. The summed E-state index contributed by atoms with van der Waals surface area (Å²) in [5, 5.41) is 0. The van der Waals surface area contributed by atoms with Crippen molar-refractivity contribution in [1.29, 1.82) is 0 Å². The second kappa shape index (κ2) is 2.95. The van der Waals surface area contributed by atoms with Crippen LogP contribution in [0.15, 0.2) is 24.3 Å². The predicted octanol–water partition coefficient (Wildman–Crippen LogP) is 1.78. The summed E-state index contributed by atoms with van der Waals surface area (Å²) in [5.41, 5.74) is 2.61. The summed E-state index contributed by atoms with van der Waals surface area (Å²) in [4.78, 5) is 17.7. The number of carbonyl (C=O) groups is 1. The third kappa shape index (κ3) is 1.15. The Hall–Kier alpha value is -2.10. The topological polar surface area (TPSA) is 55.0 Å². The number of hydrogen-bond donors (Lipinski definition) is 1. The first-order chi connectivity index (χ1) is 7.38. The number of aldehydes is 1. The molecule has 15 heavy (non-hydrogen) atoms. The molecule has 0 unspecified atom stereocenters. The minimum Gasteiger partial charge on any atom is -0.487 e. The number of nitrogens with zero attached hydrogens (tertiary/aromatic N) is 1. The minimum atomic E-state index is 0.348. The van der Waals surface area contributed by atoms with E-state index >= 15 is 0 Å². The normalized spacial score (nSPS) is 12.5. The van der Waals surface area contributed by atoms with Gasteiger partial charge in [-0.2, -0.15) is 0 Å². The number of hydrogen-bond acceptors (Lipinski definition) is 3. The molecule has 1 aliphatic rings. The van der Waals surface area contributed by atoms with E-state index in [0.717, 1.165) is 22.7 Å². The first-order valence-electron chi connectivity index (χ1n) is 4.65. The third-order valence-electron chi connectivity index (χ3n) is 2.42. The van der Waals surface area contributed by atoms with Gasteiger partial charge in [-0.25, -0.2) is 4.98 Å². The molecule has 0 radical (unpaired) electrons. The lowest BCUT2D eigenvalue weighted by molar-refractivity contribution is 0.111. The van der Waals surface area contributed by atoms with Crippen LogP contribution < -0.4 is 4.74 Å². The van der Waals surface area contributed by atoms with Gasteiger partial charge in [0.25, 0.3) is 0 Å². The number of carbonyl (C=O) groups excluding carboxylic acids is 1. The second-order valence-corrected chi connectivity index (χ2v) is 3.35. The molecular formula is C11H8N2O2. The molecule has 0 amide bonds. The van der Waals surface area contributed by atoms with Gasteiger partial charge in [0.15, 0.2) is 12.1 Å². The second-order valence-electron chi connectivity index (χ2n) is 3.35. The zero-order chi connectivity index (χ0) is 10.3. The average Bonchev–Trinajstić information content (AvgIpc) is 2.72. The quantitative estimate of drug-likeness (QED) is 0.714. The average molecular weight is 200 g/mol. The Bertz CT molecular complexity index is 531. The van der Waals surface area contributed by atoms with Gasteiger partial charge < -0.3 is 9.72 Å². The molecule has 2 heterocycles. The Kier molecular flexibility index (Phi) is 1.62. The van der Waals surface area contributed by atoms with Crippen molar-refractivity contribution < 1.29 is 9.53 Å². The van der Waals surface area contributed by atoms with Gasteiger partial charge in [-0.15, -0.1) is 0 Å². The molecule has 1 aromatic carbocycles. The highest BCUT2D eigenvalue weighted by Gasteiger charge is 2.20. The Labute approximate surface area is 85.9 Å². The Balaban J connectivity index is 2.24. The lowest BCUT2D eigenvalue weighted by Gasteiger charge is -2.15. The summed E-state index contributed by atoms with van der Waals surface area (Å²) in [5.74, 6) is 1.16. The number of imidazole rings is 1. The van der Waals surface area contributed by atoms with Crippen molar-refractivity contribution in [2.45, 2.75) is 6.61 Å². The highest BCUT2D eigenvalue weighted by molar-refractivity contribution is 5.76. The van der Waals surface area contributed by atoms with Gasteiger partial charge in [-0.05, 0) is 12.1 Å². The summed E-state index contributed by atoms with van der Waals surface area (Å²) in [6.07, 6.45) is 0.709. The number of ether oxygens (including phenoxy) is 1. The van der Waals surface area contributed by atoms with Gasteiger partial charge in [-0.3, -0.25) is 4.79 Å². The maximum absolute atomic E-state index is 10.6. The van der Waals surface area contributed by atoms with Crippen molar-refractivity contribution in [2.24, 2.45) is 0 Å². The molecule has 4 heteroatoms. The molecule has 4 nitrogen and oxygen atoms in total. The van der Waals surface area contributed by atoms with Crippen LogP contribution in [0.2, 0.25) is 0 Å². The molecule has 0 saturated carbocycles. The Morgan fingerprint density at radius 3 is 3.13 bits per heavy atom. The van der Waals surface area contributed by atoms with Crippen LogP contribution in [0.5, 0.6) is 5.75 Å². The van der Waals surface area contributed by atoms with E-state index < -0.39 is 0 Å². The SMILES string of the molecule is O=Cc1nc2c([nH]1)COc1ccccc1-2. The molecule has 0 fully saturated rings. The van der Waals surface area contributed by atoms with Crippen LogP contribution in [0.4, 0.5) is 0 Å². The van der Waals surface area contributed by atoms with Gasteiger partial charge in [0.2, 0.25) is 0 Å². The molecule has 3 rings (SSSR count). The van der Waals surface area contributed by atoms with Crippen molar-refractivity contribution in [2.75, 3.05) is 0 Å². The largest absolute Gasteiger partial charge is 0.487 e. The van der Waals surface area contributed by atoms with Crippen LogP contribution in [0.1, 0.15) is 16.3 Å². The standard InChI is InChI=1S/C11H8N2O2/c14-5-10-12-8-6-15-9-4-2-1-3-7(9)11(8)13-10/h1-5H,6H2,(H,12,13). The number of rotatable bonds is 1. The van der Waals surface area contributed by atoms with E-state index in [1.807, 2.05) is 24.3 Å². The molecule has 1 N–H and O–H groups in total. The number of fused-ring (bicyclic) bond motifs is 3. The first kappa shape index (κ1) is 8.23. The lowest BCUT2D eigenvalue weighted by Crippen LogP contribution is -2.04. The molecular weight excluding hydrogens is 192 g/mol. The first-order valence-corrected chi connectivity index (χ1v) is 4.65. The van der Waals surface area contributed by atoms with Gasteiger partial charge in [-0.1, -0.05) is 12.1 Å². The van der Waals surface area contributed by atoms with Gasteiger partial charge in [0.05, 0.1) is 11.4 Å². The maximum Gasteiger partial charge on any atom is 0.185 e. The zero-order valence-corrected chi connectivity index (χ0v) is 7.86. The van der Waals surface area contributed by atoms with E-state index in [2.05, 4.69) is 9.97 Å². The monoisotopic (exact) mass is 200 g/mol. The predicted molar refractivity (Wildman–Crippen MR) is 53.7 cm³/mol. The van der Waals surface area contributed by atoms with Gasteiger partial charge in [0, 0.05) is 5.56 Å². The van der Waals surface area contributed by atoms with Crippen LogP contribution in [-0.4, -0.2) is 16.3 Å². The maximum atomic E-state index is 10.6. The Morgan fingerprint density at radius 1 is 1.40 bits per heavy atom. The molecule has 0 saturated heterocycles. The summed E-state index contributed by atoms with van der Waals surface area (Å²) in [7, 11) is 0. The van der Waals surface area contributed by atoms with E-state index in [-0.39, 0.29) is 0 Å². The van der Waals surface area contributed by atoms with E-state index in [1.54, 1.807) is 0 Å². The molecule has 1 aliphatic heterocycles. The van der Waals surface area contributed by atoms with Crippen molar-refractivity contribution >= 4 is 6.29 Å². The van der Waals surface area contributed by atoms with Crippen molar-refractivity contribution in [3.05, 3.63) is 35.8 Å². The third-order valence-corrected chi connectivity index (χ3v) is 2.42. The van der Waals surface area contributed by atoms with Crippen LogP contribution in [-0.2, 0) is 6.61 Å². The van der Waals surface area contributed by atoms with Crippen molar-refractivity contribution in [3.8, 4) is 17.0 Å². The molecule has 0 spiro atoms. The summed E-state index contributed by atoms with van der Waals surface area (Å²) in [6, 6.07) is 7.67. The van der Waals surface area contributed by atoms with Crippen molar-refractivity contribution in [3.63, 3.8) is 0 Å². The smallest absolute Gasteiger partial charge is 0.185 e. The van der Waals surface area contributed by atoms with E-state index in [9.17, 15) is 4.79 Å². The Morgan fingerprint density at radius 2 is 2.27 bits per heavy atom. The number of aromatic amines is 1. The fourth-order valence-electron chi connectivity index (χ4n) is 1.75. The zero-order valence-electron chi connectivity index (χ0n) is 7.86. The highest BCUT2D eigenvalue weighted by Crippen LogP contribution is 2.35. The number of nitrogens with one attached hydrogen (secondary N) is 1. The minimum absolute atomic E-state index is 0.348. The molecule has 1 aromatic heterocycles. The van der Waals surface area contributed by atoms with Crippen LogP contribution >= 0.6 is 0 Å².